The van der Waals surface area contributed by atoms with Crippen LogP contribution in [0.5, 0.6) is 0 Å². The highest BCUT2D eigenvalue weighted by Crippen LogP contribution is 2.33. The molecular weight excluding hydrogens is 292 g/mol. The van der Waals surface area contributed by atoms with Gasteiger partial charge in [-0.15, -0.1) is 11.3 Å². The molecule has 0 aromatic carbocycles. The number of hydrogen-bond acceptors (Lipinski definition) is 4. The largest absolute Gasteiger partial charge is 0.480 e. The summed E-state index contributed by atoms with van der Waals surface area (Å²) >= 11 is 1.45. The highest BCUT2D eigenvalue weighted by Gasteiger charge is 2.26. The van der Waals surface area contributed by atoms with E-state index in [0.717, 1.165) is 40.7 Å². The molecule has 0 aliphatic heterocycles. The molecule has 112 valence electrons. The number of aliphatic carboxylic acids is 1. The van der Waals surface area contributed by atoms with Gasteiger partial charge in [0.2, 0.25) is 0 Å². The normalized spacial score (nSPS) is 15.9. The summed E-state index contributed by atoms with van der Waals surface area (Å²) in [7, 11) is 0. The van der Waals surface area contributed by atoms with E-state index in [1.54, 1.807) is 6.92 Å². The maximum atomic E-state index is 12.7. The van der Waals surface area contributed by atoms with E-state index in [1.165, 1.54) is 11.3 Å². The number of hydrogen-bond donors (Lipinski definition) is 2. The Morgan fingerprint density at radius 2 is 2.10 bits per heavy atom. The zero-order valence-electron chi connectivity index (χ0n) is 11.6. The summed E-state index contributed by atoms with van der Waals surface area (Å²) < 4.78 is 0.853. The zero-order chi connectivity index (χ0) is 15.1. The first-order valence-electron chi connectivity index (χ1n) is 7.06. The van der Waals surface area contributed by atoms with E-state index >= 15 is 0 Å². The van der Waals surface area contributed by atoms with E-state index < -0.39 is 23.3 Å². The number of carboxylic acid groups (broad SMARTS) is 1. The molecule has 1 aliphatic carbocycles. The van der Waals surface area contributed by atoms with E-state index in [0.29, 0.717) is 10.2 Å². The molecule has 3 rings (SSSR count). The molecule has 0 saturated heterocycles. The molecule has 0 saturated carbocycles. The van der Waals surface area contributed by atoms with Gasteiger partial charge < -0.3 is 5.11 Å². The van der Waals surface area contributed by atoms with Crippen LogP contribution in [0.3, 0.4) is 0 Å². The molecule has 0 amide bonds. The Bertz CT molecular complexity index is 830. The average molecular weight is 308 g/mol. The molecule has 0 spiro atoms. The Kier molecular flexibility index (Phi) is 3.44. The van der Waals surface area contributed by atoms with Crippen molar-refractivity contribution in [2.24, 2.45) is 0 Å². The van der Waals surface area contributed by atoms with Crippen molar-refractivity contribution in [3.8, 4) is 0 Å². The number of aromatic nitrogens is 2. The Hall–Kier alpha value is -1.89. The molecule has 2 aromatic heterocycles. The molecule has 2 aromatic rings. The number of aromatic amines is 1. The standard InChI is InChI=1S/C14H16N2O4S/c1-2-8(13(18)19)16-12(17)10-7-5-3-4-6-9(7)21-11(10)15-14(16)20/h8H,2-6H2,1H3,(H,15,20)(H,18,19). The molecule has 0 bridgehead atoms. The highest BCUT2D eigenvalue weighted by atomic mass is 32.1. The van der Waals surface area contributed by atoms with Gasteiger partial charge in [0.1, 0.15) is 10.9 Å². The van der Waals surface area contributed by atoms with Crippen molar-refractivity contribution < 1.29 is 9.90 Å². The maximum absolute atomic E-state index is 12.7. The second kappa shape index (κ2) is 5.14. The lowest BCUT2D eigenvalue weighted by atomic mass is 9.97. The number of thiophene rings is 1. The van der Waals surface area contributed by atoms with Crippen LogP contribution in [-0.2, 0) is 17.6 Å². The number of carboxylic acids is 1. The molecular formula is C14H16N2O4S. The molecule has 6 nitrogen and oxygen atoms in total. The number of fused-ring (bicyclic) bond motifs is 3. The number of H-pyrrole nitrogens is 1. The third-order valence-electron chi connectivity index (χ3n) is 4.03. The first-order chi connectivity index (χ1) is 10.0. The molecule has 0 fully saturated rings. The summed E-state index contributed by atoms with van der Waals surface area (Å²) in [6.45, 7) is 1.65. The minimum Gasteiger partial charge on any atom is -0.480 e. The minimum atomic E-state index is -1.16. The van der Waals surface area contributed by atoms with Gasteiger partial charge in [-0.2, -0.15) is 0 Å². The van der Waals surface area contributed by atoms with Crippen LogP contribution in [-0.4, -0.2) is 20.6 Å². The Morgan fingerprint density at radius 1 is 1.38 bits per heavy atom. The quantitative estimate of drug-likeness (QED) is 0.902. The van der Waals surface area contributed by atoms with Crippen LogP contribution in [0.2, 0.25) is 0 Å². The number of nitrogens with zero attached hydrogens (tertiary/aromatic N) is 1. The van der Waals surface area contributed by atoms with Crippen LogP contribution >= 0.6 is 11.3 Å². The van der Waals surface area contributed by atoms with Crippen LogP contribution in [0.4, 0.5) is 0 Å². The van der Waals surface area contributed by atoms with Crippen molar-refractivity contribution in [1.82, 2.24) is 9.55 Å². The number of rotatable bonds is 3. The van der Waals surface area contributed by atoms with Crippen molar-refractivity contribution in [2.75, 3.05) is 0 Å². The Morgan fingerprint density at radius 3 is 2.76 bits per heavy atom. The second-order valence-electron chi connectivity index (χ2n) is 5.28. The van der Waals surface area contributed by atoms with Crippen LogP contribution in [0.25, 0.3) is 10.2 Å². The first-order valence-corrected chi connectivity index (χ1v) is 7.88. The maximum Gasteiger partial charge on any atom is 0.330 e. The molecule has 21 heavy (non-hydrogen) atoms. The predicted molar refractivity (Wildman–Crippen MR) is 80.3 cm³/mol. The van der Waals surface area contributed by atoms with Crippen molar-refractivity contribution in [3.05, 3.63) is 31.3 Å². The third-order valence-corrected chi connectivity index (χ3v) is 5.23. The summed E-state index contributed by atoms with van der Waals surface area (Å²) in [5.41, 5.74) is -0.112. The van der Waals surface area contributed by atoms with Gasteiger partial charge in [0.25, 0.3) is 5.56 Å². The fourth-order valence-electron chi connectivity index (χ4n) is 3.00. The molecule has 7 heteroatoms. The predicted octanol–water partition coefficient (Wildman–Crippen LogP) is 1.67. The van der Waals surface area contributed by atoms with Crippen LogP contribution in [0, 0.1) is 0 Å². The van der Waals surface area contributed by atoms with Gasteiger partial charge in [0.15, 0.2) is 0 Å². The summed E-state index contributed by atoms with van der Waals surface area (Å²) in [5.74, 6) is -1.16. The lowest BCUT2D eigenvalue weighted by molar-refractivity contribution is -0.141. The fourth-order valence-corrected chi connectivity index (χ4v) is 4.27. The van der Waals surface area contributed by atoms with Gasteiger partial charge in [-0.25, -0.2) is 14.2 Å². The summed E-state index contributed by atoms with van der Waals surface area (Å²) in [6.07, 6.45) is 4.04. The van der Waals surface area contributed by atoms with Crippen LogP contribution in [0.1, 0.15) is 42.7 Å². The van der Waals surface area contributed by atoms with E-state index in [-0.39, 0.29) is 6.42 Å². The average Bonchev–Trinajstić information content (AvgIpc) is 2.80. The molecule has 1 atom stereocenters. The van der Waals surface area contributed by atoms with Gasteiger partial charge in [0, 0.05) is 4.88 Å². The van der Waals surface area contributed by atoms with Crippen LogP contribution in [0.15, 0.2) is 9.59 Å². The summed E-state index contributed by atoms with van der Waals surface area (Å²) in [4.78, 5) is 40.5. The fraction of sp³-hybridized carbons (Fsp3) is 0.500. The van der Waals surface area contributed by atoms with Crippen molar-refractivity contribution in [3.63, 3.8) is 0 Å². The zero-order valence-corrected chi connectivity index (χ0v) is 12.5. The molecule has 2 heterocycles. The minimum absolute atomic E-state index is 0.191. The van der Waals surface area contributed by atoms with Gasteiger partial charge in [-0.1, -0.05) is 6.92 Å². The van der Waals surface area contributed by atoms with Gasteiger partial charge in [-0.05, 0) is 37.7 Å². The smallest absolute Gasteiger partial charge is 0.330 e. The van der Waals surface area contributed by atoms with E-state index in [1.807, 2.05) is 0 Å². The highest BCUT2D eigenvalue weighted by molar-refractivity contribution is 7.18. The Balaban J connectivity index is 2.35. The van der Waals surface area contributed by atoms with Gasteiger partial charge >= 0.3 is 11.7 Å². The number of aryl methyl sites for hydroxylation is 2. The third kappa shape index (κ3) is 2.12. The van der Waals surface area contributed by atoms with Crippen molar-refractivity contribution >= 4 is 27.5 Å². The number of nitrogens with one attached hydrogen (secondary N) is 1. The van der Waals surface area contributed by atoms with Gasteiger partial charge in [0.05, 0.1) is 5.39 Å². The second-order valence-corrected chi connectivity index (χ2v) is 6.39. The molecule has 0 radical (unpaired) electrons. The Labute approximate surface area is 124 Å². The van der Waals surface area contributed by atoms with Gasteiger partial charge in [-0.3, -0.25) is 9.78 Å². The monoisotopic (exact) mass is 308 g/mol. The summed E-state index contributed by atoms with van der Waals surface area (Å²) in [6, 6.07) is -1.12. The van der Waals surface area contributed by atoms with Crippen LogP contribution < -0.4 is 11.2 Å². The lowest BCUT2D eigenvalue weighted by Gasteiger charge is -2.13. The summed E-state index contributed by atoms with van der Waals surface area (Å²) in [5, 5.41) is 9.74. The molecule has 1 aliphatic rings. The number of carbonyl (C=O) groups is 1. The first kappa shape index (κ1) is 14.1. The van der Waals surface area contributed by atoms with Crippen molar-refractivity contribution in [1.29, 1.82) is 0 Å². The van der Waals surface area contributed by atoms with E-state index in [4.69, 9.17) is 0 Å². The van der Waals surface area contributed by atoms with E-state index in [9.17, 15) is 19.5 Å². The molecule has 1 unspecified atom stereocenters. The SMILES string of the molecule is CCC(C(=O)O)n1c(=O)[nH]c2sc3c(c2c1=O)CCCC3. The van der Waals surface area contributed by atoms with E-state index in [2.05, 4.69) is 4.98 Å². The van der Waals surface area contributed by atoms with Crippen molar-refractivity contribution in [2.45, 2.75) is 45.1 Å². The molecule has 2 N–H and O–H groups in total. The lowest BCUT2D eigenvalue weighted by Crippen LogP contribution is -2.40. The topological polar surface area (TPSA) is 92.2 Å².